The number of hydrogen-bond acceptors (Lipinski definition) is 3. The predicted molar refractivity (Wildman–Crippen MR) is 113 cm³/mol. The summed E-state index contributed by atoms with van der Waals surface area (Å²) < 4.78 is 18.1. The molecule has 28 heavy (non-hydrogen) atoms. The molecule has 0 aliphatic heterocycles. The highest BCUT2D eigenvalue weighted by molar-refractivity contribution is 7.48. The first-order valence-corrected chi connectivity index (χ1v) is 11.0. The van der Waals surface area contributed by atoms with Crippen LogP contribution in [0, 0.1) is 0 Å². The van der Waals surface area contributed by atoms with Gasteiger partial charge in [-0.05, 0) is 64.9 Å². The van der Waals surface area contributed by atoms with E-state index in [9.17, 15) is 9.67 Å². The molecule has 3 aromatic carbocycles. The zero-order valence-corrected chi connectivity index (χ0v) is 16.6. The van der Waals surface area contributed by atoms with Crippen molar-refractivity contribution in [3.8, 4) is 11.5 Å². The van der Waals surface area contributed by atoms with Crippen LogP contribution in [0.15, 0.2) is 78.9 Å². The van der Waals surface area contributed by atoms with E-state index in [-0.39, 0.29) is 5.41 Å². The molecule has 3 nitrogen and oxygen atoms in total. The summed E-state index contributed by atoms with van der Waals surface area (Å²) in [6, 6.07) is 24.9. The summed E-state index contributed by atoms with van der Waals surface area (Å²) in [5.41, 5.74) is 2.46. The molecule has 1 aliphatic rings. The smallest absolute Gasteiger partial charge is 0.508 e. The van der Waals surface area contributed by atoms with Gasteiger partial charge in [-0.25, -0.2) is 0 Å². The largest absolute Gasteiger partial charge is 0.597 e. The monoisotopic (exact) mass is 391 g/mol. The minimum atomic E-state index is -1.91. The highest BCUT2D eigenvalue weighted by Crippen LogP contribution is 2.45. The quantitative estimate of drug-likeness (QED) is 0.536. The molecule has 1 unspecified atom stereocenters. The maximum atomic E-state index is 12.4. The molecule has 1 N–H and O–H groups in total. The minimum absolute atomic E-state index is 0.0356. The Hall–Kier alpha value is -2.64. The van der Waals surface area contributed by atoms with Crippen LogP contribution in [-0.4, -0.2) is 5.11 Å². The van der Waals surface area contributed by atoms with Crippen LogP contribution in [0.25, 0.3) is 0 Å². The highest BCUT2D eigenvalue weighted by atomic mass is 31.1. The molecule has 0 saturated heterocycles. The van der Waals surface area contributed by atoms with Crippen LogP contribution < -0.4 is 9.83 Å². The molecule has 1 fully saturated rings. The van der Waals surface area contributed by atoms with Gasteiger partial charge in [0.1, 0.15) is 5.75 Å². The maximum Gasteiger partial charge on any atom is 0.597 e. The van der Waals surface area contributed by atoms with E-state index in [1.165, 1.54) is 30.4 Å². The number of rotatable bonds is 5. The zero-order valence-electron chi connectivity index (χ0n) is 15.8. The lowest BCUT2D eigenvalue weighted by Crippen LogP contribution is -2.30. The Morgan fingerprint density at radius 2 is 1.32 bits per heavy atom. The molecule has 0 spiro atoms. The van der Waals surface area contributed by atoms with Gasteiger partial charge in [0.15, 0.2) is 5.75 Å². The van der Waals surface area contributed by atoms with E-state index in [0.717, 1.165) is 12.8 Å². The van der Waals surface area contributed by atoms with Crippen molar-refractivity contribution in [3.05, 3.63) is 90.0 Å². The number of benzene rings is 3. The second-order valence-electron chi connectivity index (χ2n) is 7.40. The summed E-state index contributed by atoms with van der Waals surface area (Å²) in [5, 5.41) is 10.4. The van der Waals surface area contributed by atoms with E-state index in [2.05, 4.69) is 12.1 Å². The standard InChI is InChI=1S/C24H23O3P/c25-21-13-9-19(10-14-21)24(17-5-2-6-18-24)20-11-15-22(16-12-20)27-28(26)23-7-3-1-4-8-23/h1,3-4,7-16H,2,5-6,17-18H2/p+1. The molecule has 1 saturated carbocycles. The molecule has 4 heteroatoms. The number of aromatic hydroxyl groups is 1. The average Bonchev–Trinajstić information content (AvgIpc) is 2.76. The third kappa shape index (κ3) is 3.81. The molecule has 0 amide bonds. The van der Waals surface area contributed by atoms with Crippen molar-refractivity contribution in [1.29, 1.82) is 0 Å². The second-order valence-corrected chi connectivity index (χ2v) is 8.61. The minimum Gasteiger partial charge on any atom is -0.508 e. The van der Waals surface area contributed by atoms with E-state index in [4.69, 9.17) is 4.52 Å². The van der Waals surface area contributed by atoms with Crippen LogP contribution in [0.1, 0.15) is 43.2 Å². The van der Waals surface area contributed by atoms with E-state index >= 15 is 0 Å². The summed E-state index contributed by atoms with van der Waals surface area (Å²) in [6.45, 7) is 0. The third-order valence-electron chi connectivity index (χ3n) is 5.69. The molecule has 0 heterocycles. The van der Waals surface area contributed by atoms with E-state index in [0.29, 0.717) is 16.8 Å². The number of phenolic OH excluding ortho intramolecular Hbond substituents is 1. The van der Waals surface area contributed by atoms with Crippen molar-refractivity contribution < 1.29 is 14.2 Å². The zero-order chi connectivity index (χ0) is 19.4. The number of hydrogen-bond donors (Lipinski definition) is 1. The summed E-state index contributed by atoms with van der Waals surface area (Å²) in [7, 11) is -1.91. The summed E-state index contributed by atoms with van der Waals surface area (Å²) in [6.07, 6.45) is 5.84. The molecule has 3 aromatic rings. The lowest BCUT2D eigenvalue weighted by molar-refractivity contribution is 0.345. The highest BCUT2D eigenvalue weighted by Gasteiger charge is 2.36. The third-order valence-corrected chi connectivity index (χ3v) is 6.79. The molecular weight excluding hydrogens is 367 g/mol. The molecule has 1 aliphatic carbocycles. The predicted octanol–water partition coefficient (Wildman–Crippen LogP) is 6.09. The van der Waals surface area contributed by atoms with Gasteiger partial charge in [0, 0.05) is 5.41 Å². The van der Waals surface area contributed by atoms with Crippen molar-refractivity contribution in [2.24, 2.45) is 0 Å². The van der Waals surface area contributed by atoms with Gasteiger partial charge in [0.2, 0.25) is 5.30 Å². The molecule has 0 radical (unpaired) electrons. The normalized spacial score (nSPS) is 16.4. The topological polar surface area (TPSA) is 46.5 Å². The summed E-state index contributed by atoms with van der Waals surface area (Å²) in [5.74, 6) is 0.911. The van der Waals surface area contributed by atoms with Crippen LogP contribution in [-0.2, 0) is 9.98 Å². The van der Waals surface area contributed by atoms with Gasteiger partial charge in [-0.3, -0.25) is 4.52 Å². The molecule has 1 atom stereocenters. The fourth-order valence-electron chi connectivity index (χ4n) is 4.21. The first-order chi connectivity index (χ1) is 13.7. The van der Waals surface area contributed by atoms with E-state index < -0.39 is 8.03 Å². The number of phenols is 1. The van der Waals surface area contributed by atoms with Crippen LogP contribution in [0.2, 0.25) is 0 Å². The SMILES string of the molecule is O=[P+](Oc1ccc(C2(c3ccc(O)cc3)CCCCC2)cc1)c1ccccc1. The van der Waals surface area contributed by atoms with Gasteiger partial charge < -0.3 is 5.11 Å². The Labute approximate surface area is 166 Å². The average molecular weight is 391 g/mol. The van der Waals surface area contributed by atoms with Crippen molar-refractivity contribution in [2.75, 3.05) is 0 Å². The Kier molecular flexibility index (Phi) is 5.45. The van der Waals surface area contributed by atoms with Gasteiger partial charge in [-0.1, -0.05) is 61.7 Å². The Morgan fingerprint density at radius 1 is 0.750 bits per heavy atom. The fourth-order valence-corrected chi connectivity index (χ4v) is 5.05. The first-order valence-electron chi connectivity index (χ1n) is 9.78. The van der Waals surface area contributed by atoms with E-state index in [1.807, 2.05) is 54.6 Å². The van der Waals surface area contributed by atoms with Crippen LogP contribution in [0.5, 0.6) is 11.5 Å². The molecule has 142 valence electrons. The van der Waals surface area contributed by atoms with Crippen molar-refractivity contribution >= 4 is 13.3 Å². The first kappa shape index (κ1) is 18.7. The Balaban J connectivity index is 1.60. The summed E-state index contributed by atoms with van der Waals surface area (Å²) >= 11 is 0. The van der Waals surface area contributed by atoms with E-state index in [1.54, 1.807) is 12.1 Å². The lowest BCUT2D eigenvalue weighted by atomic mass is 9.65. The van der Waals surface area contributed by atoms with Gasteiger partial charge in [0.25, 0.3) is 0 Å². The maximum absolute atomic E-state index is 12.4. The second kappa shape index (κ2) is 8.16. The molecule has 0 bridgehead atoms. The van der Waals surface area contributed by atoms with Gasteiger partial charge in [-0.2, -0.15) is 0 Å². The molecular formula is C24H24O3P+. The summed E-state index contributed by atoms with van der Waals surface area (Å²) in [4.78, 5) is 0. The Bertz CT molecular complexity index is 928. The van der Waals surface area contributed by atoms with Crippen LogP contribution >= 0.6 is 8.03 Å². The van der Waals surface area contributed by atoms with Crippen molar-refractivity contribution in [1.82, 2.24) is 0 Å². The van der Waals surface area contributed by atoms with Gasteiger partial charge in [0.05, 0.1) is 0 Å². The molecule has 0 aromatic heterocycles. The Morgan fingerprint density at radius 3 is 1.93 bits per heavy atom. The van der Waals surface area contributed by atoms with Crippen molar-refractivity contribution in [2.45, 2.75) is 37.5 Å². The lowest BCUT2D eigenvalue weighted by Gasteiger charge is -2.38. The molecule has 4 rings (SSSR count). The van der Waals surface area contributed by atoms with Crippen LogP contribution in [0.3, 0.4) is 0 Å². The van der Waals surface area contributed by atoms with Crippen LogP contribution in [0.4, 0.5) is 0 Å². The van der Waals surface area contributed by atoms with Crippen molar-refractivity contribution in [3.63, 3.8) is 0 Å². The fraction of sp³-hybridized carbons (Fsp3) is 0.250. The van der Waals surface area contributed by atoms with Gasteiger partial charge in [-0.15, -0.1) is 0 Å². The van der Waals surface area contributed by atoms with Gasteiger partial charge >= 0.3 is 8.03 Å².